The Balaban J connectivity index is 0.00000193. The Labute approximate surface area is 205 Å². The number of benzene rings is 1. The second-order valence-corrected chi connectivity index (χ2v) is 7.50. The molecule has 12 nitrogen and oxygen atoms in total. The molecule has 4 rings (SSSR count). The molecule has 3 aliphatic heterocycles. The first-order chi connectivity index (χ1) is 14.7. The minimum absolute atomic E-state index is 0. The van der Waals surface area contributed by atoms with Crippen LogP contribution in [0.3, 0.4) is 0 Å². The quantitative estimate of drug-likeness (QED) is 0.267. The van der Waals surface area contributed by atoms with Crippen LogP contribution in [0.4, 0.5) is 15.3 Å². The fraction of sp³-hybridized carbons (Fsp3) is 0.316. The summed E-state index contributed by atoms with van der Waals surface area (Å²) < 4.78 is 4.74. The number of likely N-dealkylation sites (tertiary alicyclic amines) is 1. The number of hydrogen-bond acceptors (Lipinski definition) is 6. The summed E-state index contributed by atoms with van der Waals surface area (Å²) in [7, 11) is 0. The van der Waals surface area contributed by atoms with Crippen molar-refractivity contribution in [2.75, 3.05) is 18.5 Å². The van der Waals surface area contributed by atoms with Crippen molar-refractivity contribution >= 4 is 35.6 Å². The number of anilines is 1. The van der Waals surface area contributed by atoms with Crippen molar-refractivity contribution in [2.24, 2.45) is 17.4 Å². The molecule has 0 spiro atoms. The summed E-state index contributed by atoms with van der Waals surface area (Å²) in [5.41, 5.74) is 10.9. The van der Waals surface area contributed by atoms with Crippen molar-refractivity contribution in [3.8, 4) is 0 Å². The Hall–Kier alpha value is -3.09. The maximum atomic E-state index is 12.8. The fourth-order valence-corrected chi connectivity index (χ4v) is 4.45. The minimum Gasteiger partial charge on any atom is -1.00 e. The van der Waals surface area contributed by atoms with Gasteiger partial charge in [0.2, 0.25) is 5.91 Å². The first-order valence-electron chi connectivity index (χ1n) is 9.37. The number of nitrogens with zero attached hydrogens (tertiary/aromatic N) is 2. The third kappa shape index (κ3) is 3.92. The summed E-state index contributed by atoms with van der Waals surface area (Å²) in [4.78, 5) is 62.0. The van der Waals surface area contributed by atoms with Crippen molar-refractivity contribution in [1.82, 2.24) is 9.80 Å². The molecule has 13 heteroatoms. The molecule has 0 aliphatic carbocycles. The number of nitrogens with two attached hydrogens (primary N) is 2. The van der Waals surface area contributed by atoms with Crippen LogP contribution in [-0.4, -0.2) is 70.0 Å². The molecule has 0 aromatic heterocycles. The van der Waals surface area contributed by atoms with Crippen molar-refractivity contribution in [3.05, 3.63) is 41.1 Å². The number of urea groups is 1. The van der Waals surface area contributed by atoms with Crippen molar-refractivity contribution in [3.63, 3.8) is 0 Å². The van der Waals surface area contributed by atoms with Gasteiger partial charge in [0.1, 0.15) is 18.3 Å². The largest absolute Gasteiger partial charge is 1.00 e. The molecule has 6 N–H and O–H groups in total. The molecule has 0 unspecified atom stereocenters. The number of amides is 5. The number of nitrogens with one attached hydrogen (secondary N) is 1. The van der Waals surface area contributed by atoms with Gasteiger partial charge in [0.15, 0.2) is 0 Å². The van der Waals surface area contributed by atoms with E-state index in [1.165, 1.54) is 29.2 Å². The third-order valence-electron chi connectivity index (χ3n) is 5.72. The molecule has 3 aliphatic rings. The molecule has 2 fully saturated rings. The second-order valence-electron chi connectivity index (χ2n) is 7.50. The number of carboxylic acid groups (broad SMARTS) is 1. The van der Waals surface area contributed by atoms with Crippen LogP contribution in [0, 0.1) is 5.92 Å². The maximum Gasteiger partial charge on any atom is 1.00 e. The predicted molar refractivity (Wildman–Crippen MR) is 105 cm³/mol. The predicted octanol–water partition coefficient (Wildman–Crippen LogP) is -3.22. The molecule has 2 saturated heterocycles. The van der Waals surface area contributed by atoms with Crippen LogP contribution < -0.4 is 46.3 Å². The Morgan fingerprint density at radius 2 is 1.84 bits per heavy atom. The van der Waals surface area contributed by atoms with Crippen LogP contribution in [0.5, 0.6) is 0 Å². The number of aliphatic carboxylic acids is 1. The number of carbonyl (C=O) groups is 5. The molecule has 0 bridgehead atoms. The molecule has 1 aromatic carbocycles. The Kier molecular flexibility index (Phi) is 6.49. The molecule has 0 saturated carbocycles. The van der Waals surface area contributed by atoms with E-state index in [1.807, 2.05) is 0 Å². The van der Waals surface area contributed by atoms with Gasteiger partial charge in [-0.05, 0) is 36.3 Å². The van der Waals surface area contributed by atoms with E-state index in [0.717, 1.165) is 4.90 Å². The topological polar surface area (TPSA) is 185 Å². The average molecular weight is 453 g/mol. The first-order valence-corrected chi connectivity index (χ1v) is 9.37. The normalized spacial score (nSPS) is 23.0. The summed E-state index contributed by atoms with van der Waals surface area (Å²) >= 11 is 0. The van der Waals surface area contributed by atoms with Gasteiger partial charge >= 0.3 is 47.7 Å². The summed E-state index contributed by atoms with van der Waals surface area (Å²) in [6.45, 7) is -0.122. The van der Waals surface area contributed by atoms with E-state index in [1.54, 1.807) is 0 Å². The number of primary amides is 2. The Morgan fingerprint density at radius 1 is 1.19 bits per heavy atom. The summed E-state index contributed by atoms with van der Waals surface area (Å²) in [5, 5.41) is 12.3. The monoisotopic (exact) mass is 453 g/mol. The number of β-lactam (4-membered cyclic amide) rings is 1. The smallest absolute Gasteiger partial charge is 1.00 e. The first kappa shape index (κ1) is 23.6. The molecule has 164 valence electrons. The zero-order valence-corrected chi connectivity index (χ0v) is 19.1. The van der Waals surface area contributed by atoms with Gasteiger partial charge in [-0.2, -0.15) is 0 Å². The van der Waals surface area contributed by atoms with Gasteiger partial charge in [0.05, 0.1) is 6.04 Å². The SMILES string of the molecule is NC(=O)OCC1=C(C(=O)O)N2C(=O)[C@@H]3[C@H]2[C@H](C1)CN3C(=O)Nc1ccc(C(N)=O)cc1.[H-].[Na+]. The van der Waals surface area contributed by atoms with Gasteiger partial charge in [0.25, 0.3) is 5.91 Å². The zero-order chi connectivity index (χ0) is 22.4. The third-order valence-corrected chi connectivity index (χ3v) is 5.72. The van der Waals surface area contributed by atoms with E-state index in [9.17, 15) is 29.1 Å². The van der Waals surface area contributed by atoms with Gasteiger partial charge in [-0.1, -0.05) is 0 Å². The number of rotatable bonds is 5. The van der Waals surface area contributed by atoms with Crippen LogP contribution in [-0.2, 0) is 14.3 Å². The van der Waals surface area contributed by atoms with Gasteiger partial charge in [-0.3, -0.25) is 14.5 Å². The summed E-state index contributed by atoms with van der Waals surface area (Å²) in [6, 6.07) is 4.20. The molecular formula is C19H20N5NaO7. The van der Waals surface area contributed by atoms with E-state index in [4.69, 9.17) is 16.2 Å². The molecule has 0 radical (unpaired) electrons. The average Bonchev–Trinajstić information content (AvgIpc) is 3.08. The van der Waals surface area contributed by atoms with E-state index in [2.05, 4.69) is 5.32 Å². The second kappa shape index (κ2) is 8.81. The molecule has 5 amide bonds. The van der Waals surface area contributed by atoms with Gasteiger partial charge in [0, 0.05) is 23.7 Å². The van der Waals surface area contributed by atoms with Crippen LogP contribution >= 0.6 is 0 Å². The minimum atomic E-state index is -1.31. The standard InChI is InChI=1S/C19H19N5O7.Na.H/c20-15(25)8-1-3-11(4-2-8)22-19(30)23-6-9-5-10(7-31-18(21)29)13(17(27)28)24-12(9)14(23)16(24)26;;/h1-4,9,12,14H,5-7H2,(H2,20,25)(H2,21,29)(H,22,30)(H,27,28);;/q;+1;-1/t9-,12-,14+;;/m1../s1. The van der Waals surface area contributed by atoms with Crippen LogP contribution in [0.15, 0.2) is 35.5 Å². The molecule has 32 heavy (non-hydrogen) atoms. The molecular weight excluding hydrogens is 433 g/mol. The van der Waals surface area contributed by atoms with Crippen LogP contribution in [0.1, 0.15) is 18.2 Å². The maximum absolute atomic E-state index is 12.8. The van der Waals surface area contributed by atoms with Crippen molar-refractivity contribution < 1.29 is 64.8 Å². The van der Waals surface area contributed by atoms with Gasteiger partial charge in [-0.25, -0.2) is 14.4 Å². The summed E-state index contributed by atoms with van der Waals surface area (Å²) in [6.07, 6.45) is -0.807. The van der Waals surface area contributed by atoms with Crippen molar-refractivity contribution in [2.45, 2.75) is 18.5 Å². The number of hydrogen-bond donors (Lipinski definition) is 4. The van der Waals surface area contributed by atoms with Crippen LogP contribution in [0.25, 0.3) is 0 Å². The molecule has 3 heterocycles. The number of ether oxygens (including phenoxy) is 1. The van der Waals surface area contributed by atoms with Gasteiger partial charge in [-0.15, -0.1) is 0 Å². The zero-order valence-electron chi connectivity index (χ0n) is 18.1. The van der Waals surface area contributed by atoms with E-state index in [-0.39, 0.29) is 73.3 Å². The summed E-state index contributed by atoms with van der Waals surface area (Å²) in [5.74, 6) is -2.63. The number of carboxylic acids is 1. The van der Waals surface area contributed by atoms with E-state index < -0.39 is 42.0 Å². The fourth-order valence-electron chi connectivity index (χ4n) is 4.45. The molecule has 3 atom stereocenters. The molecule has 1 aromatic rings. The van der Waals surface area contributed by atoms with E-state index >= 15 is 0 Å². The van der Waals surface area contributed by atoms with E-state index in [0.29, 0.717) is 5.69 Å². The Bertz CT molecular complexity index is 1050. The van der Waals surface area contributed by atoms with Gasteiger partial charge < -0.3 is 33.0 Å². The number of carbonyl (C=O) groups excluding carboxylic acids is 4. The van der Waals surface area contributed by atoms with Crippen molar-refractivity contribution in [1.29, 1.82) is 0 Å². The Morgan fingerprint density at radius 3 is 2.41 bits per heavy atom. The van der Waals surface area contributed by atoms with Crippen LogP contribution in [0.2, 0.25) is 0 Å².